The molecule has 0 bridgehead atoms. The van der Waals surface area contributed by atoms with Crippen molar-refractivity contribution in [2.45, 2.75) is 32.3 Å². The quantitative estimate of drug-likeness (QED) is 0.795. The minimum Gasteiger partial charge on any atom is -0.381 e. The van der Waals surface area contributed by atoms with E-state index in [0.717, 1.165) is 43.4 Å². The maximum atomic E-state index is 5.94. The van der Waals surface area contributed by atoms with Gasteiger partial charge in [-0.05, 0) is 13.8 Å². The molecule has 1 aliphatic rings. The molecule has 0 atom stereocenters. The number of hydrogen-bond acceptors (Lipinski definition) is 4. The third-order valence-electron chi connectivity index (χ3n) is 2.73. The second kappa shape index (κ2) is 4.60. The summed E-state index contributed by atoms with van der Waals surface area (Å²) < 4.78 is 11.3. The Morgan fingerprint density at radius 2 is 2.27 bits per heavy atom. The Bertz CT molecular complexity index is 313. The van der Waals surface area contributed by atoms with Gasteiger partial charge in [0.05, 0.1) is 0 Å². The molecule has 1 fully saturated rings. The largest absolute Gasteiger partial charge is 0.381 e. The van der Waals surface area contributed by atoms with Gasteiger partial charge >= 0.3 is 0 Å². The molecule has 15 heavy (non-hydrogen) atoms. The van der Waals surface area contributed by atoms with E-state index in [1.165, 1.54) is 0 Å². The van der Waals surface area contributed by atoms with Crippen molar-refractivity contribution in [2.24, 2.45) is 0 Å². The van der Waals surface area contributed by atoms with Crippen molar-refractivity contribution < 1.29 is 9.47 Å². The van der Waals surface area contributed by atoms with Gasteiger partial charge in [0.15, 0.2) is 0 Å². The minimum absolute atomic E-state index is 0.175. The number of aryl methyl sites for hydroxylation is 1. The fraction of sp³-hybridized carbons (Fsp3) is 0.727. The van der Waals surface area contributed by atoms with Crippen molar-refractivity contribution in [3.05, 3.63) is 16.1 Å². The maximum absolute atomic E-state index is 5.94. The lowest BCUT2D eigenvalue weighted by molar-refractivity contribution is -0.112. The Balaban J connectivity index is 2.24. The summed E-state index contributed by atoms with van der Waals surface area (Å²) in [6, 6.07) is 0. The van der Waals surface area contributed by atoms with Gasteiger partial charge < -0.3 is 9.47 Å². The van der Waals surface area contributed by atoms with E-state index in [9.17, 15) is 0 Å². The average Bonchev–Trinajstić information content (AvgIpc) is 2.67. The lowest BCUT2D eigenvalue weighted by atomic mass is 9.95. The molecule has 0 unspecified atom stereocenters. The van der Waals surface area contributed by atoms with Crippen LogP contribution in [0.5, 0.6) is 0 Å². The van der Waals surface area contributed by atoms with E-state index in [1.807, 2.05) is 13.8 Å². The van der Waals surface area contributed by atoms with Gasteiger partial charge in [0.25, 0.3) is 0 Å². The molecule has 0 N–H and O–H groups in total. The molecule has 2 rings (SSSR count). The molecular formula is C11H17NO2S. The minimum atomic E-state index is -0.175. The first kappa shape index (κ1) is 11.0. The first-order valence-corrected chi connectivity index (χ1v) is 6.29. The normalized spacial score (nSPS) is 20.4. The van der Waals surface area contributed by atoms with Gasteiger partial charge in [0.2, 0.25) is 0 Å². The zero-order chi connectivity index (χ0) is 10.7. The number of nitrogens with zero attached hydrogens (tertiary/aromatic N) is 1. The molecule has 0 radical (unpaired) electrons. The smallest absolute Gasteiger partial charge is 0.125 e. The van der Waals surface area contributed by atoms with Gasteiger partial charge in [0.1, 0.15) is 10.6 Å². The van der Waals surface area contributed by atoms with Crippen molar-refractivity contribution in [3.63, 3.8) is 0 Å². The Morgan fingerprint density at radius 3 is 2.80 bits per heavy atom. The van der Waals surface area contributed by atoms with Crippen molar-refractivity contribution >= 4 is 11.3 Å². The lowest BCUT2D eigenvalue weighted by Gasteiger charge is -2.35. The van der Waals surface area contributed by atoms with E-state index in [2.05, 4.69) is 10.4 Å². The number of aromatic nitrogens is 1. The Kier molecular flexibility index (Phi) is 3.38. The Morgan fingerprint density at radius 1 is 1.53 bits per heavy atom. The highest BCUT2D eigenvalue weighted by atomic mass is 32.1. The predicted molar refractivity (Wildman–Crippen MR) is 60.2 cm³/mol. The molecule has 2 heterocycles. The van der Waals surface area contributed by atoms with Crippen LogP contribution >= 0.6 is 11.3 Å². The van der Waals surface area contributed by atoms with E-state index < -0.39 is 0 Å². The van der Waals surface area contributed by atoms with Crippen LogP contribution in [0, 0.1) is 6.92 Å². The summed E-state index contributed by atoms with van der Waals surface area (Å²) in [5.41, 5.74) is 0.909. The van der Waals surface area contributed by atoms with Gasteiger partial charge in [-0.1, -0.05) is 0 Å². The molecule has 84 valence electrons. The van der Waals surface area contributed by atoms with Crippen LogP contribution in [0.25, 0.3) is 0 Å². The zero-order valence-electron chi connectivity index (χ0n) is 9.28. The summed E-state index contributed by atoms with van der Waals surface area (Å²) >= 11 is 1.70. The summed E-state index contributed by atoms with van der Waals surface area (Å²) in [7, 11) is 0. The number of hydrogen-bond donors (Lipinski definition) is 0. The monoisotopic (exact) mass is 227 g/mol. The predicted octanol–water partition coefficient (Wildman–Crippen LogP) is 2.49. The van der Waals surface area contributed by atoms with Crippen molar-refractivity contribution in [1.29, 1.82) is 0 Å². The highest BCUT2D eigenvalue weighted by Crippen LogP contribution is 2.37. The van der Waals surface area contributed by atoms with E-state index in [1.54, 1.807) is 11.3 Å². The molecule has 0 amide bonds. The number of thiazole rings is 1. The van der Waals surface area contributed by atoms with E-state index in [-0.39, 0.29) is 5.60 Å². The van der Waals surface area contributed by atoms with Crippen LogP contribution in [0.3, 0.4) is 0 Å². The standard InChI is InChI=1S/C11H17NO2S/c1-3-14-11(4-6-13-7-5-11)10-12-9(2)8-15-10/h8H,3-7H2,1-2H3. The Labute approximate surface area is 94.4 Å². The fourth-order valence-electron chi connectivity index (χ4n) is 1.96. The molecule has 0 saturated carbocycles. The first-order valence-electron chi connectivity index (χ1n) is 5.41. The zero-order valence-corrected chi connectivity index (χ0v) is 10.1. The van der Waals surface area contributed by atoms with Gasteiger partial charge in [-0.2, -0.15) is 0 Å². The third-order valence-corrected chi connectivity index (χ3v) is 3.88. The topological polar surface area (TPSA) is 31.4 Å². The second-order valence-electron chi connectivity index (χ2n) is 3.83. The summed E-state index contributed by atoms with van der Waals surface area (Å²) in [6.07, 6.45) is 1.85. The molecule has 0 aliphatic carbocycles. The summed E-state index contributed by atoms with van der Waals surface area (Å²) in [6.45, 7) is 6.35. The molecule has 1 saturated heterocycles. The van der Waals surface area contributed by atoms with Crippen LogP contribution in [0.4, 0.5) is 0 Å². The molecule has 0 spiro atoms. The first-order chi connectivity index (χ1) is 7.27. The SMILES string of the molecule is CCOC1(c2nc(C)cs2)CCOCC1. The summed E-state index contributed by atoms with van der Waals surface area (Å²) in [5.74, 6) is 0. The maximum Gasteiger partial charge on any atom is 0.125 e. The fourth-order valence-corrected chi connectivity index (χ4v) is 2.97. The molecule has 3 nitrogen and oxygen atoms in total. The number of rotatable bonds is 3. The van der Waals surface area contributed by atoms with Gasteiger partial charge in [-0.15, -0.1) is 11.3 Å². The highest BCUT2D eigenvalue weighted by molar-refractivity contribution is 7.09. The van der Waals surface area contributed by atoms with Crippen molar-refractivity contribution in [2.75, 3.05) is 19.8 Å². The van der Waals surface area contributed by atoms with Crippen LogP contribution in [0.2, 0.25) is 0 Å². The van der Waals surface area contributed by atoms with Crippen molar-refractivity contribution in [3.8, 4) is 0 Å². The highest BCUT2D eigenvalue weighted by Gasteiger charge is 2.37. The molecule has 1 aromatic heterocycles. The Hall–Kier alpha value is -0.450. The molecular weight excluding hydrogens is 210 g/mol. The van der Waals surface area contributed by atoms with Gasteiger partial charge in [-0.25, -0.2) is 4.98 Å². The molecule has 1 aliphatic heterocycles. The van der Waals surface area contributed by atoms with Crippen LogP contribution in [0.1, 0.15) is 30.5 Å². The van der Waals surface area contributed by atoms with E-state index >= 15 is 0 Å². The van der Waals surface area contributed by atoms with Gasteiger partial charge in [0, 0.05) is 43.7 Å². The van der Waals surface area contributed by atoms with Crippen molar-refractivity contribution in [1.82, 2.24) is 4.98 Å². The van der Waals surface area contributed by atoms with E-state index in [4.69, 9.17) is 9.47 Å². The van der Waals surface area contributed by atoms with Crippen LogP contribution in [-0.2, 0) is 15.1 Å². The van der Waals surface area contributed by atoms with Crippen LogP contribution in [-0.4, -0.2) is 24.8 Å². The van der Waals surface area contributed by atoms with Crippen LogP contribution < -0.4 is 0 Å². The lowest BCUT2D eigenvalue weighted by Crippen LogP contribution is -2.36. The molecule has 4 heteroatoms. The summed E-state index contributed by atoms with van der Waals surface area (Å²) in [5, 5.41) is 3.20. The molecule has 1 aromatic rings. The van der Waals surface area contributed by atoms with Crippen LogP contribution in [0.15, 0.2) is 5.38 Å². The van der Waals surface area contributed by atoms with Gasteiger partial charge in [-0.3, -0.25) is 0 Å². The average molecular weight is 227 g/mol. The second-order valence-corrected chi connectivity index (χ2v) is 4.69. The third kappa shape index (κ3) is 2.22. The summed E-state index contributed by atoms with van der Waals surface area (Å²) in [4.78, 5) is 4.56. The molecule has 0 aromatic carbocycles. The van der Waals surface area contributed by atoms with E-state index in [0.29, 0.717) is 0 Å². The number of ether oxygens (including phenoxy) is 2.